The van der Waals surface area contributed by atoms with E-state index in [0.29, 0.717) is 48.9 Å². The van der Waals surface area contributed by atoms with Crippen molar-refractivity contribution in [1.29, 1.82) is 0 Å². The van der Waals surface area contributed by atoms with E-state index >= 15 is 0 Å². The van der Waals surface area contributed by atoms with Crippen molar-refractivity contribution < 1.29 is 4.79 Å². The minimum Gasteiger partial charge on any atom is -0.336 e. The number of imidazole rings is 1. The summed E-state index contributed by atoms with van der Waals surface area (Å²) in [6, 6.07) is 7.62. The zero-order valence-corrected chi connectivity index (χ0v) is 20.0. The quantitative estimate of drug-likeness (QED) is 0.556. The molecule has 3 atom stereocenters. The molecule has 3 unspecified atom stereocenters. The molecule has 2 aliphatic carbocycles. The molecular formula is C26H33N5O3. The maximum Gasteiger partial charge on any atom is 0.332 e. The highest BCUT2D eigenvalue weighted by molar-refractivity contribution is 5.88. The second kappa shape index (κ2) is 9.24. The Labute approximate surface area is 198 Å². The first kappa shape index (κ1) is 22.6. The van der Waals surface area contributed by atoms with E-state index in [-0.39, 0.29) is 17.2 Å². The Morgan fingerprint density at radius 2 is 1.88 bits per heavy atom. The predicted molar refractivity (Wildman–Crippen MR) is 132 cm³/mol. The average molecular weight is 464 g/mol. The van der Waals surface area contributed by atoms with Gasteiger partial charge < -0.3 is 10.3 Å². The van der Waals surface area contributed by atoms with Gasteiger partial charge in [-0.05, 0) is 61.6 Å². The molecule has 2 aliphatic rings. The molecule has 0 radical (unpaired) electrons. The molecule has 0 bridgehead atoms. The van der Waals surface area contributed by atoms with Crippen LogP contribution in [0, 0.1) is 11.8 Å². The Kier molecular flexibility index (Phi) is 6.15. The summed E-state index contributed by atoms with van der Waals surface area (Å²) in [4.78, 5) is 46.0. The van der Waals surface area contributed by atoms with Gasteiger partial charge in [0.05, 0.1) is 0 Å². The molecule has 8 heteroatoms. The number of nitrogens with zero attached hydrogens (tertiary/aromatic N) is 3. The summed E-state index contributed by atoms with van der Waals surface area (Å²) in [6.45, 7) is 4.27. The number of aryl methyl sites for hydroxylation is 2. The van der Waals surface area contributed by atoms with E-state index in [2.05, 4.69) is 10.3 Å². The molecule has 0 spiro atoms. The van der Waals surface area contributed by atoms with E-state index in [1.54, 1.807) is 4.57 Å². The largest absolute Gasteiger partial charge is 0.336 e. The number of nitrogens with one attached hydrogen (secondary N) is 2. The summed E-state index contributed by atoms with van der Waals surface area (Å²) >= 11 is 0. The lowest BCUT2D eigenvalue weighted by molar-refractivity contribution is -0.114. The van der Waals surface area contributed by atoms with Crippen LogP contribution in [0.5, 0.6) is 0 Å². The molecular weight excluding hydrogens is 430 g/mol. The molecule has 0 saturated heterocycles. The third-order valence-electron chi connectivity index (χ3n) is 7.66. The summed E-state index contributed by atoms with van der Waals surface area (Å²) in [5, 5.41) is 2.77. The van der Waals surface area contributed by atoms with Crippen LogP contribution in [-0.4, -0.2) is 25.0 Å². The van der Waals surface area contributed by atoms with E-state index in [9.17, 15) is 14.4 Å². The summed E-state index contributed by atoms with van der Waals surface area (Å²) in [7, 11) is 0. The maximum absolute atomic E-state index is 13.3. The Balaban J connectivity index is 1.49. The second-order valence-corrected chi connectivity index (χ2v) is 9.88. The van der Waals surface area contributed by atoms with Crippen molar-refractivity contribution in [2.24, 2.45) is 11.8 Å². The summed E-state index contributed by atoms with van der Waals surface area (Å²) in [6.07, 6.45) is 7.47. The maximum atomic E-state index is 13.3. The van der Waals surface area contributed by atoms with Crippen molar-refractivity contribution >= 4 is 22.8 Å². The predicted octanol–water partition coefficient (Wildman–Crippen LogP) is 3.79. The van der Waals surface area contributed by atoms with Gasteiger partial charge in [-0.15, -0.1) is 0 Å². The molecule has 2 saturated carbocycles. The van der Waals surface area contributed by atoms with Crippen LogP contribution in [0.1, 0.15) is 69.7 Å². The minimum atomic E-state index is -0.294. The zero-order chi connectivity index (χ0) is 23.8. The van der Waals surface area contributed by atoms with Crippen molar-refractivity contribution in [2.45, 2.75) is 77.8 Å². The van der Waals surface area contributed by atoms with Crippen LogP contribution in [0.3, 0.4) is 0 Å². The average Bonchev–Trinajstić information content (AvgIpc) is 3.53. The van der Waals surface area contributed by atoms with Gasteiger partial charge in [-0.3, -0.25) is 18.7 Å². The van der Waals surface area contributed by atoms with Crippen molar-refractivity contribution in [3.05, 3.63) is 56.5 Å². The molecule has 2 N–H and O–H groups in total. The molecule has 3 aromatic rings. The highest BCUT2D eigenvalue weighted by Crippen LogP contribution is 2.51. The summed E-state index contributed by atoms with van der Waals surface area (Å²) < 4.78 is 3.01. The van der Waals surface area contributed by atoms with Crippen molar-refractivity contribution in [3.8, 4) is 0 Å². The zero-order valence-electron chi connectivity index (χ0n) is 20.0. The Hall–Kier alpha value is -3.16. The number of carbonyl (C=O) groups excluding carboxylic acids is 1. The van der Waals surface area contributed by atoms with Gasteiger partial charge in [-0.2, -0.15) is 0 Å². The lowest BCUT2D eigenvalue weighted by Gasteiger charge is -2.15. The van der Waals surface area contributed by atoms with Gasteiger partial charge in [0.25, 0.3) is 5.56 Å². The number of fused-ring (bicyclic) bond motifs is 2. The van der Waals surface area contributed by atoms with Crippen LogP contribution in [0.2, 0.25) is 0 Å². The molecule has 8 nitrogen and oxygen atoms in total. The van der Waals surface area contributed by atoms with Gasteiger partial charge in [0, 0.05) is 31.6 Å². The van der Waals surface area contributed by atoms with Crippen molar-refractivity contribution in [1.82, 2.24) is 19.1 Å². The van der Waals surface area contributed by atoms with E-state index < -0.39 is 0 Å². The van der Waals surface area contributed by atoms with Crippen LogP contribution in [-0.2, 0) is 24.3 Å². The van der Waals surface area contributed by atoms with Crippen LogP contribution < -0.4 is 16.6 Å². The number of H-pyrrole nitrogens is 1. The van der Waals surface area contributed by atoms with Gasteiger partial charge in [-0.25, -0.2) is 9.78 Å². The van der Waals surface area contributed by atoms with Crippen LogP contribution in [0.4, 0.5) is 5.69 Å². The minimum absolute atomic E-state index is 0.111. The molecule has 1 amide bonds. The fraction of sp³-hybridized carbons (Fsp3) is 0.538. The number of anilines is 1. The molecule has 1 aromatic carbocycles. The number of aromatic nitrogens is 4. The van der Waals surface area contributed by atoms with Crippen LogP contribution in [0.25, 0.3) is 11.2 Å². The normalized spacial score (nSPS) is 21.8. The highest BCUT2D eigenvalue weighted by atomic mass is 16.2. The number of hydrogen-bond acceptors (Lipinski definition) is 4. The van der Waals surface area contributed by atoms with Gasteiger partial charge in [0.1, 0.15) is 11.3 Å². The SMILES string of the molecule is CCCn1c(=O)c2[nH]c(C3CCC4CCCC43)nc2n(CCc2ccc(NC(C)=O)cc2)c1=O. The molecule has 180 valence electrons. The first-order valence-corrected chi connectivity index (χ1v) is 12.6. The first-order valence-electron chi connectivity index (χ1n) is 12.6. The standard InChI is InChI=1S/C26H33N5O3/c1-3-14-31-25(33)22-24(29-23(28-22)21-12-9-18-5-4-6-20(18)21)30(26(31)34)15-13-17-7-10-19(11-8-17)27-16(2)32/h7-8,10-11,18,20-21H,3-6,9,12-15H2,1-2H3,(H,27,32)(H,28,29). The first-order chi connectivity index (χ1) is 16.5. The van der Waals surface area contributed by atoms with Crippen molar-refractivity contribution in [2.75, 3.05) is 5.32 Å². The summed E-state index contributed by atoms with van der Waals surface area (Å²) in [5.74, 6) is 2.53. The lowest BCUT2D eigenvalue weighted by Crippen LogP contribution is -2.40. The molecule has 0 aliphatic heterocycles. The van der Waals surface area contributed by atoms with Crippen LogP contribution >= 0.6 is 0 Å². The third-order valence-corrected chi connectivity index (χ3v) is 7.66. The Bertz CT molecular complexity index is 1320. The number of hydrogen-bond donors (Lipinski definition) is 2. The number of benzene rings is 1. The fourth-order valence-corrected chi connectivity index (χ4v) is 6.08. The molecule has 2 aromatic heterocycles. The topological polar surface area (TPSA) is 102 Å². The molecule has 5 rings (SSSR count). The number of amides is 1. The van der Waals surface area contributed by atoms with Gasteiger partial charge >= 0.3 is 5.69 Å². The van der Waals surface area contributed by atoms with E-state index in [1.807, 2.05) is 31.2 Å². The monoisotopic (exact) mass is 463 g/mol. The molecule has 34 heavy (non-hydrogen) atoms. The van der Waals surface area contributed by atoms with Gasteiger partial charge in [-0.1, -0.05) is 31.9 Å². The number of aromatic amines is 1. The Morgan fingerprint density at radius 1 is 1.09 bits per heavy atom. The van der Waals surface area contributed by atoms with E-state index in [0.717, 1.165) is 29.4 Å². The number of carbonyl (C=O) groups is 1. The second-order valence-electron chi connectivity index (χ2n) is 9.88. The van der Waals surface area contributed by atoms with E-state index in [4.69, 9.17) is 4.98 Å². The fourth-order valence-electron chi connectivity index (χ4n) is 6.08. The van der Waals surface area contributed by atoms with Crippen molar-refractivity contribution in [3.63, 3.8) is 0 Å². The van der Waals surface area contributed by atoms with E-state index in [1.165, 1.54) is 37.2 Å². The van der Waals surface area contributed by atoms with Gasteiger partial charge in [0.15, 0.2) is 5.65 Å². The lowest BCUT2D eigenvalue weighted by atomic mass is 9.91. The highest BCUT2D eigenvalue weighted by Gasteiger charge is 2.41. The smallest absolute Gasteiger partial charge is 0.332 e. The third kappa shape index (κ3) is 4.10. The molecule has 2 fully saturated rings. The molecule has 2 heterocycles. The Morgan fingerprint density at radius 3 is 2.62 bits per heavy atom. The number of rotatable bonds is 7. The summed E-state index contributed by atoms with van der Waals surface area (Å²) in [5.41, 5.74) is 2.16. The van der Waals surface area contributed by atoms with Gasteiger partial charge in [0.2, 0.25) is 5.91 Å². The van der Waals surface area contributed by atoms with Crippen LogP contribution in [0.15, 0.2) is 33.9 Å².